The highest BCUT2D eigenvalue weighted by atomic mass is 16.6. The number of hydrogen-bond acceptors (Lipinski definition) is 10. The highest BCUT2D eigenvalue weighted by molar-refractivity contribution is 5.22. The zero-order valence-corrected chi connectivity index (χ0v) is 11.6. The van der Waals surface area contributed by atoms with Gasteiger partial charge in [0.2, 0.25) is 0 Å². The van der Waals surface area contributed by atoms with E-state index in [1.165, 1.54) is 0 Å². The second-order valence-electron chi connectivity index (χ2n) is 5.44. The van der Waals surface area contributed by atoms with Gasteiger partial charge in [0.15, 0.2) is 11.7 Å². The first kappa shape index (κ1) is 17.9. The molecular weight excluding hydrogens is 304 g/mol. The van der Waals surface area contributed by atoms with Gasteiger partial charge in [-0.3, -0.25) is 0 Å². The molecule has 0 aromatic heterocycles. The Morgan fingerprint density at radius 3 is 2.18 bits per heavy atom. The molecule has 0 saturated carbocycles. The van der Waals surface area contributed by atoms with E-state index >= 15 is 0 Å². The molecule has 2 aliphatic heterocycles. The number of ether oxygens (including phenoxy) is 2. The van der Waals surface area contributed by atoms with Gasteiger partial charge in [-0.25, -0.2) is 0 Å². The van der Waals surface area contributed by atoms with Crippen LogP contribution in [0.4, 0.5) is 0 Å². The Hall–Kier alpha value is -0.400. The van der Waals surface area contributed by atoms with Gasteiger partial charge in [-0.1, -0.05) is 0 Å². The van der Waals surface area contributed by atoms with Crippen molar-refractivity contribution in [3.05, 3.63) is 6.10 Å². The number of aliphatic hydroxyl groups excluding tert-OH is 8. The molecule has 2 rings (SSSR count). The van der Waals surface area contributed by atoms with Crippen LogP contribution in [0.15, 0.2) is 0 Å². The summed E-state index contributed by atoms with van der Waals surface area (Å²) >= 11 is 0. The van der Waals surface area contributed by atoms with Crippen molar-refractivity contribution in [1.82, 2.24) is 0 Å². The fraction of sp³-hybridized carbons (Fsp3) is 0.917. The normalized spacial score (nSPS) is 48.5. The summed E-state index contributed by atoms with van der Waals surface area (Å²) in [5.41, 5.74) is -2.21. The van der Waals surface area contributed by atoms with Crippen molar-refractivity contribution in [2.75, 3.05) is 19.8 Å². The molecule has 2 aliphatic rings. The molecule has 0 bridgehead atoms. The number of aliphatic hydroxyl groups is 8. The molecule has 8 N–H and O–H groups in total. The molecule has 0 aromatic carbocycles. The fourth-order valence-electron chi connectivity index (χ4n) is 2.83. The van der Waals surface area contributed by atoms with Crippen LogP contribution in [-0.4, -0.2) is 109 Å². The molecule has 0 aromatic rings. The van der Waals surface area contributed by atoms with E-state index in [2.05, 4.69) is 0 Å². The standard InChI is InChI=1S/C12H21O10/c13-1-5-7(17)8(18)9(19)11(22-5)12(6(16)2-14)10(20)4(15)3-21-12/h4-10,13-20H,1-3H2/t4-,5-,6-,7-,8+,9-,10-,12+/m1/s1. The summed E-state index contributed by atoms with van der Waals surface area (Å²) in [6, 6.07) is 0. The summed E-state index contributed by atoms with van der Waals surface area (Å²) in [5, 5.41) is 77.8. The average Bonchev–Trinajstić information content (AvgIpc) is 2.82. The number of rotatable bonds is 4. The zero-order chi connectivity index (χ0) is 16.7. The molecule has 0 amide bonds. The molecule has 10 heteroatoms. The van der Waals surface area contributed by atoms with Gasteiger partial charge < -0.3 is 50.3 Å². The van der Waals surface area contributed by atoms with Gasteiger partial charge >= 0.3 is 0 Å². The van der Waals surface area contributed by atoms with E-state index in [4.69, 9.17) is 14.6 Å². The molecule has 8 atom stereocenters. The predicted octanol–water partition coefficient (Wildman–Crippen LogP) is -5.16. The summed E-state index contributed by atoms with van der Waals surface area (Å²) in [6.45, 7) is -2.04. The van der Waals surface area contributed by atoms with Gasteiger partial charge in [0.05, 0.1) is 19.8 Å². The molecule has 0 aliphatic carbocycles. The summed E-state index contributed by atoms with van der Waals surface area (Å²) in [5.74, 6) is 0. The Kier molecular flexibility index (Phi) is 5.39. The van der Waals surface area contributed by atoms with Crippen LogP contribution in [0, 0.1) is 6.10 Å². The largest absolute Gasteiger partial charge is 0.394 e. The smallest absolute Gasteiger partial charge is 0.166 e. The summed E-state index contributed by atoms with van der Waals surface area (Å²) in [4.78, 5) is 0. The quantitative estimate of drug-likeness (QED) is 0.249. The Balaban J connectivity index is 2.39. The SMILES string of the molecule is OC[C@@H](O)[C@]1([C]2O[C@H](CO)[C@@H](O)[C@H](O)[C@H]2O)OC[C@@H](O)[C@H]1O. The molecule has 2 saturated heterocycles. The first-order valence-corrected chi connectivity index (χ1v) is 6.79. The van der Waals surface area contributed by atoms with Crippen LogP contribution >= 0.6 is 0 Å². The summed E-state index contributed by atoms with van der Waals surface area (Å²) < 4.78 is 10.4. The monoisotopic (exact) mass is 325 g/mol. The van der Waals surface area contributed by atoms with Crippen molar-refractivity contribution < 1.29 is 50.3 Å². The Labute approximate surface area is 125 Å². The van der Waals surface area contributed by atoms with E-state index in [-0.39, 0.29) is 0 Å². The van der Waals surface area contributed by atoms with E-state index < -0.39 is 74.3 Å². The van der Waals surface area contributed by atoms with Gasteiger partial charge in [0.25, 0.3) is 0 Å². The molecule has 22 heavy (non-hydrogen) atoms. The van der Waals surface area contributed by atoms with Gasteiger partial charge in [0, 0.05) is 0 Å². The second-order valence-corrected chi connectivity index (χ2v) is 5.44. The van der Waals surface area contributed by atoms with E-state index in [0.717, 1.165) is 0 Å². The molecule has 2 fully saturated rings. The van der Waals surface area contributed by atoms with Crippen molar-refractivity contribution in [1.29, 1.82) is 0 Å². The third-order valence-corrected chi connectivity index (χ3v) is 4.13. The Bertz CT molecular complexity index is 379. The van der Waals surface area contributed by atoms with Crippen LogP contribution in [-0.2, 0) is 9.47 Å². The van der Waals surface area contributed by atoms with Crippen LogP contribution in [0.2, 0.25) is 0 Å². The maximum atomic E-state index is 10.1. The Morgan fingerprint density at radius 1 is 1.09 bits per heavy atom. The lowest BCUT2D eigenvalue weighted by molar-refractivity contribution is -0.254. The summed E-state index contributed by atoms with van der Waals surface area (Å²) in [6.07, 6.45) is -12.2. The molecule has 2 heterocycles. The van der Waals surface area contributed by atoms with Gasteiger partial charge in [-0.2, -0.15) is 0 Å². The molecular formula is C12H21O10. The van der Waals surface area contributed by atoms with E-state index in [1.54, 1.807) is 0 Å². The minimum absolute atomic E-state index is 0.416. The Morgan fingerprint density at radius 2 is 1.73 bits per heavy atom. The van der Waals surface area contributed by atoms with Crippen LogP contribution in [0.1, 0.15) is 0 Å². The maximum Gasteiger partial charge on any atom is 0.166 e. The first-order chi connectivity index (χ1) is 10.3. The lowest BCUT2D eigenvalue weighted by atomic mass is 9.78. The summed E-state index contributed by atoms with van der Waals surface area (Å²) in [7, 11) is 0. The van der Waals surface area contributed by atoms with E-state index in [0.29, 0.717) is 0 Å². The van der Waals surface area contributed by atoms with Crippen molar-refractivity contribution in [3.63, 3.8) is 0 Å². The highest BCUT2D eigenvalue weighted by Gasteiger charge is 2.65. The lowest BCUT2D eigenvalue weighted by Gasteiger charge is -2.48. The van der Waals surface area contributed by atoms with Crippen LogP contribution in [0.25, 0.3) is 0 Å². The number of hydrogen-bond donors (Lipinski definition) is 8. The highest BCUT2D eigenvalue weighted by Crippen LogP contribution is 2.44. The zero-order valence-electron chi connectivity index (χ0n) is 11.6. The van der Waals surface area contributed by atoms with Gasteiger partial charge in [-0.05, 0) is 0 Å². The van der Waals surface area contributed by atoms with Crippen molar-refractivity contribution in [2.24, 2.45) is 0 Å². The van der Waals surface area contributed by atoms with Crippen LogP contribution < -0.4 is 0 Å². The predicted molar refractivity (Wildman–Crippen MR) is 67.0 cm³/mol. The van der Waals surface area contributed by atoms with Crippen molar-refractivity contribution in [2.45, 2.75) is 48.3 Å². The van der Waals surface area contributed by atoms with Crippen LogP contribution in [0.5, 0.6) is 0 Å². The molecule has 129 valence electrons. The fourth-order valence-corrected chi connectivity index (χ4v) is 2.83. The lowest BCUT2D eigenvalue weighted by Crippen LogP contribution is -2.67. The van der Waals surface area contributed by atoms with Crippen LogP contribution in [0.3, 0.4) is 0 Å². The maximum absolute atomic E-state index is 10.1. The van der Waals surface area contributed by atoms with Crippen molar-refractivity contribution >= 4 is 0 Å². The molecule has 1 radical (unpaired) electrons. The third-order valence-electron chi connectivity index (χ3n) is 4.13. The molecule has 0 unspecified atom stereocenters. The first-order valence-electron chi connectivity index (χ1n) is 6.79. The minimum Gasteiger partial charge on any atom is -0.394 e. The molecule has 10 nitrogen and oxygen atoms in total. The van der Waals surface area contributed by atoms with Gasteiger partial charge in [-0.15, -0.1) is 0 Å². The average molecular weight is 325 g/mol. The second kappa shape index (κ2) is 6.61. The van der Waals surface area contributed by atoms with E-state index in [1.807, 2.05) is 0 Å². The van der Waals surface area contributed by atoms with E-state index in [9.17, 15) is 35.7 Å². The minimum atomic E-state index is -2.21. The van der Waals surface area contributed by atoms with Crippen molar-refractivity contribution in [3.8, 4) is 0 Å². The topological polar surface area (TPSA) is 180 Å². The third kappa shape index (κ3) is 2.55. The van der Waals surface area contributed by atoms with Gasteiger partial charge in [0.1, 0.15) is 42.7 Å². The molecule has 0 spiro atoms.